The van der Waals surface area contributed by atoms with Crippen LogP contribution in [0.4, 0.5) is 0 Å². The molecule has 5 heterocycles. The molecule has 0 radical (unpaired) electrons. The lowest BCUT2D eigenvalue weighted by Crippen LogP contribution is -2.59. The molecule has 9 atom stereocenters. The molecular formula is C57H77N5O14. The summed E-state index contributed by atoms with van der Waals surface area (Å²) in [6, 6.07) is 5.55. The molecule has 0 spiro atoms. The minimum Gasteiger partial charge on any atom is -0.508 e. The number of methoxy groups -OCH3 is 6. The van der Waals surface area contributed by atoms with Crippen LogP contribution in [0.3, 0.4) is 0 Å². The summed E-state index contributed by atoms with van der Waals surface area (Å²) in [6.07, 6.45) is 2.66. The lowest BCUT2D eigenvalue weighted by molar-refractivity contribution is -0.162. The number of ether oxygens (including phenoxy) is 6. The molecule has 0 aliphatic carbocycles. The Morgan fingerprint density at radius 3 is 1.79 bits per heavy atom. The van der Waals surface area contributed by atoms with Crippen LogP contribution >= 0.6 is 0 Å². The van der Waals surface area contributed by atoms with E-state index in [4.69, 9.17) is 43.4 Å². The van der Waals surface area contributed by atoms with Gasteiger partial charge in [-0.15, -0.1) is 0 Å². The molecule has 0 aromatic heterocycles. The Kier molecular flexibility index (Phi) is 17.7. The first-order valence-corrected chi connectivity index (χ1v) is 25.9. The number of benzene rings is 1. The number of fused-ring (bicyclic) bond motifs is 6. The molecule has 5 aliphatic heterocycles. The van der Waals surface area contributed by atoms with Crippen LogP contribution in [0.1, 0.15) is 119 Å². The van der Waals surface area contributed by atoms with Gasteiger partial charge in [0.2, 0.25) is 5.91 Å². The number of hydrogen-bond acceptors (Lipinski definition) is 18. The predicted octanol–water partition coefficient (Wildman–Crippen LogP) is 6.65. The van der Waals surface area contributed by atoms with Gasteiger partial charge in [-0.05, 0) is 94.7 Å². The van der Waals surface area contributed by atoms with Crippen molar-refractivity contribution in [3.05, 3.63) is 64.1 Å². The van der Waals surface area contributed by atoms with Crippen LogP contribution in [-0.4, -0.2) is 125 Å². The third-order valence-electron chi connectivity index (χ3n) is 17.6. The molecule has 8 bridgehead atoms. The van der Waals surface area contributed by atoms with E-state index in [1.54, 1.807) is 38.1 Å². The molecule has 1 amide bonds. The van der Waals surface area contributed by atoms with E-state index >= 15 is 4.79 Å². The van der Waals surface area contributed by atoms with Gasteiger partial charge in [0.05, 0.1) is 60.2 Å². The Morgan fingerprint density at radius 2 is 1.24 bits per heavy atom. The summed E-state index contributed by atoms with van der Waals surface area (Å²) in [4.78, 5) is 114. The van der Waals surface area contributed by atoms with E-state index in [2.05, 4.69) is 10.6 Å². The maximum atomic E-state index is 15.1. The molecular weight excluding hydrogens is 979 g/mol. The number of esters is 6. The second-order valence-electron chi connectivity index (χ2n) is 22.1. The van der Waals surface area contributed by atoms with E-state index in [0.717, 1.165) is 5.56 Å². The minimum absolute atomic E-state index is 0.0196. The van der Waals surface area contributed by atoms with Crippen LogP contribution in [0.2, 0.25) is 0 Å². The van der Waals surface area contributed by atoms with E-state index in [9.17, 15) is 33.9 Å². The number of amides is 1. The molecule has 6 rings (SSSR count). The van der Waals surface area contributed by atoms with E-state index in [0.29, 0.717) is 51.8 Å². The van der Waals surface area contributed by atoms with Gasteiger partial charge >= 0.3 is 35.8 Å². The minimum atomic E-state index is -1.68. The van der Waals surface area contributed by atoms with Gasteiger partial charge in [-0.2, -0.15) is 0 Å². The number of allylic oxidation sites excluding steroid dienone is 6. The number of phenolic OH excluding ortho intramolecular Hbond substituents is 1. The summed E-state index contributed by atoms with van der Waals surface area (Å²) in [6.45, 7) is 15.3. The van der Waals surface area contributed by atoms with Crippen LogP contribution in [0.25, 0.3) is 0 Å². The molecule has 0 saturated carbocycles. The van der Waals surface area contributed by atoms with Crippen molar-refractivity contribution in [2.45, 2.75) is 131 Å². The molecule has 19 nitrogen and oxygen atoms in total. The lowest BCUT2D eigenvalue weighted by Gasteiger charge is -2.45. The number of aliphatic imine (C=N–C) groups is 3. The molecule has 1 fully saturated rings. The summed E-state index contributed by atoms with van der Waals surface area (Å²) < 4.78 is 32.0. The van der Waals surface area contributed by atoms with E-state index in [1.807, 2.05) is 47.6 Å². The zero-order valence-corrected chi connectivity index (χ0v) is 46.6. The quantitative estimate of drug-likeness (QED) is 0.0968. The van der Waals surface area contributed by atoms with Crippen LogP contribution in [0, 0.1) is 45.3 Å². The summed E-state index contributed by atoms with van der Waals surface area (Å²) in [7, 11) is 7.74. The highest BCUT2D eigenvalue weighted by Gasteiger charge is 2.70. The maximum Gasteiger partial charge on any atom is 0.314 e. The Hall–Kier alpha value is -6.66. The van der Waals surface area contributed by atoms with E-state index in [1.165, 1.54) is 42.7 Å². The summed E-state index contributed by atoms with van der Waals surface area (Å²) in [5.74, 6) is -6.62. The van der Waals surface area contributed by atoms with Crippen molar-refractivity contribution in [1.82, 2.24) is 10.6 Å². The molecule has 5 aliphatic rings. The van der Waals surface area contributed by atoms with Crippen LogP contribution in [-0.2, 0) is 68.4 Å². The number of phenols is 1. The number of rotatable bonds is 19. The third-order valence-corrected chi connectivity index (χ3v) is 17.6. The number of nitrogens with one attached hydrogen (secondary N) is 2. The monoisotopic (exact) mass is 1060 g/mol. The molecule has 76 heavy (non-hydrogen) atoms. The first-order chi connectivity index (χ1) is 35.8. The van der Waals surface area contributed by atoms with Gasteiger partial charge in [-0.25, -0.2) is 0 Å². The Labute approximate surface area is 445 Å². The standard InChI is InChI=1S/C57H77N5O14/c1-31-46-36(20-23-42(66)72-10)53(3,4)39(60-46)29-38-35(19-22-41(65)71-9)55(6,30-40(64)58-28-26-33-15-17-34(63)18-16-33)49(59-38)32(2)47-37(21-24-43(67)73-11)56(7,52(70)76-14)57(8,62-47)50-45(51(69)75-13)54(5,48(31)61-50)27-25-44(68)74-12/h15-18,29,35-37,45,50,59,63H,19-28,30H2,1-14H3,(H,58,64)/b38-29-,46-31-,49-32-/t35-,36-,37-,45-,50-,54-,55+,56-,57-/m1/s1. The van der Waals surface area contributed by atoms with Gasteiger partial charge in [0.25, 0.3) is 0 Å². The summed E-state index contributed by atoms with van der Waals surface area (Å²) in [5, 5.41) is 16.7. The number of aromatic hydroxyl groups is 1. The zero-order chi connectivity index (χ0) is 56.3. The molecule has 19 heteroatoms. The average molecular weight is 1060 g/mol. The fourth-order valence-corrected chi connectivity index (χ4v) is 12.9. The van der Waals surface area contributed by atoms with Crippen molar-refractivity contribution in [3.63, 3.8) is 0 Å². The Balaban J connectivity index is 1.74. The number of hydrogen-bond donors (Lipinski definition) is 3. The molecule has 0 unspecified atom stereocenters. The molecule has 414 valence electrons. The van der Waals surface area contributed by atoms with Crippen LogP contribution < -0.4 is 10.6 Å². The van der Waals surface area contributed by atoms with Gasteiger partial charge in [0, 0.05) is 107 Å². The normalized spacial score (nSPS) is 31.7. The molecule has 1 saturated heterocycles. The lowest BCUT2D eigenvalue weighted by atomic mass is 9.57. The van der Waals surface area contributed by atoms with E-state index < -0.39 is 92.7 Å². The molecule has 1 aromatic rings. The highest BCUT2D eigenvalue weighted by Crippen LogP contribution is 2.61. The molecule has 1 aromatic carbocycles. The van der Waals surface area contributed by atoms with Crippen LogP contribution in [0.5, 0.6) is 5.75 Å². The van der Waals surface area contributed by atoms with Gasteiger partial charge in [-0.3, -0.25) is 48.5 Å². The first-order valence-electron chi connectivity index (χ1n) is 25.9. The van der Waals surface area contributed by atoms with Gasteiger partial charge in [0.1, 0.15) is 11.2 Å². The highest BCUT2D eigenvalue weighted by molar-refractivity contribution is 6.12. The molecule has 3 N–H and O–H groups in total. The second-order valence-corrected chi connectivity index (χ2v) is 22.1. The van der Waals surface area contributed by atoms with Gasteiger partial charge in [0.15, 0.2) is 0 Å². The number of nitrogens with zero attached hydrogens (tertiary/aromatic N) is 3. The predicted molar refractivity (Wildman–Crippen MR) is 282 cm³/mol. The average Bonchev–Trinajstić information content (AvgIpc) is 4.05. The van der Waals surface area contributed by atoms with Crippen molar-refractivity contribution in [2.24, 2.45) is 60.3 Å². The van der Waals surface area contributed by atoms with Crippen LogP contribution in [0.15, 0.2) is 73.6 Å². The summed E-state index contributed by atoms with van der Waals surface area (Å²) >= 11 is 0. The third kappa shape index (κ3) is 10.6. The smallest absolute Gasteiger partial charge is 0.314 e. The van der Waals surface area contributed by atoms with Gasteiger partial charge in [-0.1, -0.05) is 39.8 Å². The van der Waals surface area contributed by atoms with Crippen molar-refractivity contribution in [1.29, 1.82) is 0 Å². The van der Waals surface area contributed by atoms with Crippen molar-refractivity contribution in [3.8, 4) is 5.75 Å². The Bertz CT molecular complexity index is 2700. The summed E-state index contributed by atoms with van der Waals surface area (Å²) in [5.41, 5.74) is -1.36. The second kappa shape index (κ2) is 22.9. The fraction of sp³-hybridized carbons (Fsp3) is 0.614. The topological polar surface area (TPSA) is 256 Å². The SMILES string of the molecule is COC(=O)CC[C@@H]1/C2=C(\C)C3=N[C@H]([C@H](C(=O)OC)[C@@]3(C)CCC(=O)OC)[C@@]3(C)N=C(/C(C)=C4\N/C(=C\C(=N2)C1(C)C)[C@@H](CCC(=O)OC)[C@]4(C)CC(=O)NCCc1ccc(O)cc1)[C@@H](CCC(=O)OC)[C@]3(C)C(=O)OC. The highest BCUT2D eigenvalue weighted by atomic mass is 16.5. The first kappa shape index (κ1) is 58.6. The maximum absolute atomic E-state index is 15.1. The largest absolute Gasteiger partial charge is 0.508 e. The van der Waals surface area contributed by atoms with Crippen molar-refractivity contribution < 1.29 is 67.1 Å². The number of carbonyl (C=O) groups excluding carboxylic acids is 7. The zero-order valence-electron chi connectivity index (χ0n) is 46.6. The van der Waals surface area contributed by atoms with Gasteiger partial charge < -0.3 is 44.2 Å². The fourth-order valence-electron chi connectivity index (χ4n) is 12.9. The Morgan fingerprint density at radius 1 is 0.684 bits per heavy atom. The number of carbonyl (C=O) groups is 7. The van der Waals surface area contributed by atoms with E-state index in [-0.39, 0.29) is 76.0 Å². The van der Waals surface area contributed by atoms with Crippen molar-refractivity contribution in [2.75, 3.05) is 49.2 Å². The van der Waals surface area contributed by atoms with Crippen molar-refractivity contribution >= 4 is 58.9 Å².